The van der Waals surface area contributed by atoms with Crippen molar-refractivity contribution >= 4 is 62.1 Å². The zero-order chi connectivity index (χ0) is 33.2. The van der Waals surface area contributed by atoms with Crippen LogP contribution in [-0.4, -0.2) is 101 Å². The molecule has 1 aromatic rings. The zero-order valence-electron chi connectivity index (χ0n) is 26.3. The first-order valence-electron chi connectivity index (χ1n) is 14.9. The van der Waals surface area contributed by atoms with Gasteiger partial charge in [-0.1, -0.05) is 31.5 Å². The van der Waals surface area contributed by atoms with Crippen molar-refractivity contribution in [2.45, 2.75) is 81.5 Å². The summed E-state index contributed by atoms with van der Waals surface area (Å²) in [6.45, 7) is 8.15. The number of carboxylic acid groups (broad SMARTS) is 1. The maximum absolute atomic E-state index is 13.5. The third kappa shape index (κ3) is 7.33. The van der Waals surface area contributed by atoms with Gasteiger partial charge in [-0.05, 0) is 50.6 Å². The van der Waals surface area contributed by atoms with Crippen molar-refractivity contribution in [3.8, 4) is 0 Å². The number of nitro groups is 1. The van der Waals surface area contributed by atoms with Crippen LogP contribution >= 0.6 is 23.5 Å². The molecule has 1 N–H and O–H groups in total. The highest BCUT2D eigenvalue weighted by Crippen LogP contribution is 2.58. The molecule has 3 heterocycles. The maximum atomic E-state index is 13.5. The minimum absolute atomic E-state index is 0.0643. The molecule has 0 radical (unpaired) electrons. The first-order chi connectivity index (χ1) is 21.2. The monoisotopic (exact) mass is 680 g/mol. The Kier molecular flexibility index (Phi) is 10.9. The Morgan fingerprint density at radius 3 is 2.47 bits per heavy atom. The molecular formula is C29H40N4O9S2Si. The molecule has 2 fully saturated rings. The van der Waals surface area contributed by atoms with Crippen LogP contribution in [0.1, 0.15) is 45.1 Å². The third-order valence-electron chi connectivity index (χ3n) is 8.10. The lowest BCUT2D eigenvalue weighted by Crippen LogP contribution is -2.66. The van der Waals surface area contributed by atoms with E-state index in [4.69, 9.17) is 9.16 Å². The van der Waals surface area contributed by atoms with Crippen LogP contribution in [0, 0.1) is 16.0 Å². The van der Waals surface area contributed by atoms with E-state index >= 15 is 0 Å². The number of benzene rings is 1. The van der Waals surface area contributed by atoms with Gasteiger partial charge in [-0.25, -0.2) is 9.59 Å². The molecule has 0 aliphatic carbocycles. The van der Waals surface area contributed by atoms with Gasteiger partial charge in [0.25, 0.3) is 5.69 Å². The van der Waals surface area contributed by atoms with Crippen molar-refractivity contribution in [2.24, 2.45) is 5.92 Å². The average Bonchev–Trinajstić information content (AvgIpc) is 3.53. The number of β-lactam (4-membered cyclic amide) rings is 1. The second-order valence-electron chi connectivity index (χ2n) is 12.1. The second kappa shape index (κ2) is 14.1. The largest absolute Gasteiger partial charge is 0.477 e. The number of non-ortho nitro benzene ring substituents is 1. The normalized spacial score (nSPS) is 23.9. The number of ether oxygens (including phenoxy) is 1. The smallest absolute Gasteiger partial charge is 0.410 e. The molecule has 3 aliphatic heterocycles. The molecule has 45 heavy (non-hydrogen) atoms. The number of likely N-dealkylation sites (N-methyl/N-ethyl adjacent to an activating group) is 1. The van der Waals surface area contributed by atoms with Gasteiger partial charge in [-0.15, -0.1) is 11.8 Å². The van der Waals surface area contributed by atoms with E-state index in [-0.39, 0.29) is 48.0 Å². The van der Waals surface area contributed by atoms with Crippen LogP contribution in [0.25, 0.3) is 0 Å². The molecule has 246 valence electrons. The fraction of sp³-hybridized carbons (Fsp3) is 0.586. The van der Waals surface area contributed by atoms with E-state index in [0.717, 1.165) is 12.8 Å². The number of rotatable bonds is 13. The van der Waals surface area contributed by atoms with Crippen molar-refractivity contribution in [1.82, 2.24) is 14.7 Å². The Morgan fingerprint density at radius 1 is 1.24 bits per heavy atom. The van der Waals surface area contributed by atoms with Gasteiger partial charge >= 0.3 is 12.1 Å². The molecule has 5 atom stereocenters. The Balaban J connectivity index is 1.50. The topological polar surface area (TPSA) is 160 Å². The van der Waals surface area contributed by atoms with Gasteiger partial charge in [0.15, 0.2) is 14.7 Å². The minimum atomic E-state index is -1.52. The summed E-state index contributed by atoms with van der Waals surface area (Å²) in [7, 11) is 1.67. The van der Waals surface area contributed by atoms with Crippen molar-refractivity contribution in [3.05, 3.63) is 49.9 Å². The van der Waals surface area contributed by atoms with Gasteiger partial charge in [-0.2, -0.15) is 0 Å². The van der Waals surface area contributed by atoms with E-state index in [0.29, 0.717) is 16.2 Å². The number of likely N-dealkylation sites (tertiary alicyclic amines) is 1. The van der Waals surface area contributed by atoms with E-state index in [9.17, 15) is 34.4 Å². The highest BCUT2D eigenvalue weighted by Gasteiger charge is 2.62. The number of fused-ring (bicyclic) bond motifs is 1. The Hall–Kier alpha value is -3.08. The van der Waals surface area contributed by atoms with Gasteiger partial charge < -0.3 is 19.2 Å². The van der Waals surface area contributed by atoms with E-state index in [2.05, 4.69) is 20.0 Å². The number of carbonyl (C=O) groups is 4. The number of hydrogen-bond donors (Lipinski definition) is 1. The van der Waals surface area contributed by atoms with Crippen molar-refractivity contribution in [3.63, 3.8) is 0 Å². The molecule has 0 spiro atoms. The average molecular weight is 681 g/mol. The number of aliphatic carboxylic acids is 1. The third-order valence-corrected chi connectivity index (χ3v) is 11.9. The van der Waals surface area contributed by atoms with Crippen molar-refractivity contribution in [1.29, 1.82) is 0 Å². The summed E-state index contributed by atoms with van der Waals surface area (Å²) in [5, 5.41) is 20.4. The predicted molar refractivity (Wildman–Crippen MR) is 173 cm³/mol. The molecule has 1 aromatic carbocycles. The van der Waals surface area contributed by atoms with Crippen LogP contribution < -0.4 is 0 Å². The number of unbranched alkanes of at least 4 members (excludes halogenated alkanes) is 1. The standard InChI is InChI=1S/C29H40N4O9S2Si/c1-7-8-13-29(2,42-45(5)6)21-24(35)32-22(26(36)37)27(44-25(21)32)43-19-14-20(23(34)30(3)4)31(15-19)28(38)41-16-17-9-11-18(12-10-17)33(39)40/h9-12,19-21,25,45H,7-8,13-16H2,1-6H3,(H,36,37)/t19-,20-,21-,25+,29?/m0/s1. The van der Waals surface area contributed by atoms with Crippen molar-refractivity contribution in [2.75, 3.05) is 20.6 Å². The van der Waals surface area contributed by atoms with Gasteiger partial charge in [0, 0.05) is 38.0 Å². The van der Waals surface area contributed by atoms with Crippen LogP contribution in [0.15, 0.2) is 34.2 Å². The summed E-state index contributed by atoms with van der Waals surface area (Å²) in [6.07, 6.45) is 2.09. The summed E-state index contributed by atoms with van der Waals surface area (Å²) in [4.78, 5) is 66.8. The number of amides is 3. The number of nitro benzene ring substituents is 1. The Labute approximate surface area is 272 Å². The lowest BCUT2D eigenvalue weighted by atomic mass is 9.78. The van der Waals surface area contributed by atoms with Crippen molar-refractivity contribution < 1.29 is 38.4 Å². The lowest BCUT2D eigenvalue weighted by molar-refractivity contribution is -0.384. The highest BCUT2D eigenvalue weighted by atomic mass is 32.2. The van der Waals surface area contributed by atoms with Gasteiger partial charge in [0.1, 0.15) is 18.0 Å². The van der Waals surface area contributed by atoms with E-state index in [1.165, 1.54) is 62.5 Å². The molecule has 0 saturated carbocycles. The number of hydrogen-bond acceptors (Lipinski definition) is 10. The van der Waals surface area contributed by atoms with E-state index < -0.39 is 49.0 Å². The van der Waals surface area contributed by atoms with Gasteiger partial charge in [0.2, 0.25) is 11.8 Å². The van der Waals surface area contributed by atoms with Crippen LogP contribution in [0.3, 0.4) is 0 Å². The minimum Gasteiger partial charge on any atom is -0.477 e. The molecular weight excluding hydrogens is 641 g/mol. The molecule has 3 aliphatic rings. The summed E-state index contributed by atoms with van der Waals surface area (Å²) in [6, 6.07) is 4.80. The van der Waals surface area contributed by atoms with Gasteiger partial charge in [-0.3, -0.25) is 29.5 Å². The molecule has 13 nitrogen and oxygen atoms in total. The number of carbonyl (C=O) groups excluding carboxylic acids is 3. The first-order valence-corrected chi connectivity index (χ1v) is 19.4. The fourth-order valence-corrected chi connectivity index (χ4v) is 10.7. The molecule has 3 amide bonds. The molecule has 2 saturated heterocycles. The Bertz CT molecular complexity index is 1380. The van der Waals surface area contributed by atoms with E-state index in [1.807, 2.05) is 6.92 Å². The number of thioether (sulfide) groups is 2. The number of nitrogens with zero attached hydrogens (tertiary/aromatic N) is 4. The quantitative estimate of drug-likeness (QED) is 0.137. The highest BCUT2D eigenvalue weighted by molar-refractivity contribution is 8.23. The summed E-state index contributed by atoms with van der Waals surface area (Å²) in [5.41, 5.74) is -0.289. The fourth-order valence-electron chi connectivity index (χ4n) is 5.99. The van der Waals surface area contributed by atoms with Crippen LogP contribution in [-0.2, 0) is 30.2 Å². The predicted octanol–water partition coefficient (Wildman–Crippen LogP) is 4.23. The van der Waals surface area contributed by atoms with Crippen LogP contribution in [0.5, 0.6) is 0 Å². The Morgan fingerprint density at radius 2 is 1.91 bits per heavy atom. The number of carboxylic acids is 1. The summed E-state index contributed by atoms with van der Waals surface area (Å²) in [5.74, 6) is -2.23. The molecule has 4 rings (SSSR count). The summed E-state index contributed by atoms with van der Waals surface area (Å²) < 4.78 is 12.4. The first kappa shape index (κ1) is 34.8. The van der Waals surface area contributed by atoms with Crippen LogP contribution in [0.2, 0.25) is 13.1 Å². The van der Waals surface area contributed by atoms with Crippen LogP contribution in [0.4, 0.5) is 10.5 Å². The molecule has 16 heteroatoms. The van der Waals surface area contributed by atoms with E-state index in [1.54, 1.807) is 14.1 Å². The second-order valence-corrected chi connectivity index (χ2v) is 17.1. The SMILES string of the molecule is CCCCC(C)(O[SiH](C)C)[C@H]1C(=O)N2C(C(=O)O)=C(S[C@H]3C[C@@H](C(=O)N(C)C)N(C(=O)OCc4ccc([N+](=O)[O-])cc4)C3)S[C@H]12. The molecule has 0 aromatic heterocycles. The molecule has 1 unspecified atom stereocenters. The molecule has 0 bridgehead atoms. The zero-order valence-corrected chi connectivity index (χ0v) is 29.0. The lowest BCUT2D eigenvalue weighted by Gasteiger charge is -2.51. The van der Waals surface area contributed by atoms with Gasteiger partial charge in [0.05, 0.1) is 20.7 Å². The summed E-state index contributed by atoms with van der Waals surface area (Å²) >= 11 is 2.61. The maximum Gasteiger partial charge on any atom is 0.410 e.